The van der Waals surface area contributed by atoms with Crippen molar-refractivity contribution in [3.05, 3.63) is 29.3 Å². The van der Waals surface area contributed by atoms with E-state index < -0.39 is 10.0 Å². The Labute approximate surface area is 117 Å². The van der Waals surface area contributed by atoms with Gasteiger partial charge in [-0.25, -0.2) is 13.1 Å². The van der Waals surface area contributed by atoms with Gasteiger partial charge < -0.3 is 5.32 Å². The third-order valence-corrected chi connectivity index (χ3v) is 4.67. The van der Waals surface area contributed by atoms with Crippen LogP contribution in [0.25, 0.3) is 0 Å². The Balaban J connectivity index is 2.29. The Morgan fingerprint density at radius 2 is 2.20 bits per heavy atom. The van der Waals surface area contributed by atoms with Gasteiger partial charge >= 0.3 is 0 Å². The maximum atomic E-state index is 12.5. The molecule has 1 unspecified atom stereocenters. The number of nitrogens with one attached hydrogen (secondary N) is 4. The molecule has 8 nitrogen and oxygen atoms in total. The van der Waals surface area contributed by atoms with Gasteiger partial charge in [-0.2, -0.15) is 10.2 Å². The lowest BCUT2D eigenvalue weighted by atomic mass is 10.2. The molecule has 20 heavy (non-hydrogen) atoms. The predicted octanol–water partition coefficient (Wildman–Crippen LogP) is 0.200. The molecule has 2 rings (SSSR count). The number of hydrogen-bond donors (Lipinski definition) is 4. The Kier molecular flexibility index (Phi) is 4.21. The fraction of sp³-hybridized carbons (Fsp3) is 0.455. The van der Waals surface area contributed by atoms with Crippen molar-refractivity contribution in [1.29, 1.82) is 0 Å². The molecule has 0 spiro atoms. The number of rotatable bonds is 6. The minimum absolute atomic E-state index is 0.196. The van der Waals surface area contributed by atoms with Crippen LogP contribution in [0.15, 0.2) is 17.3 Å². The lowest BCUT2D eigenvalue weighted by molar-refractivity contribution is 0.564. The first-order valence-electron chi connectivity index (χ1n) is 6.15. The van der Waals surface area contributed by atoms with Crippen molar-refractivity contribution in [2.75, 3.05) is 7.05 Å². The predicted molar refractivity (Wildman–Crippen MR) is 73.4 cm³/mol. The Bertz CT molecular complexity index is 661. The topological polar surface area (TPSA) is 116 Å². The summed E-state index contributed by atoms with van der Waals surface area (Å²) in [6, 6.07) is -0.379. The van der Waals surface area contributed by atoms with E-state index in [1.54, 1.807) is 33.3 Å². The zero-order chi connectivity index (χ0) is 14.8. The van der Waals surface area contributed by atoms with E-state index in [-0.39, 0.29) is 10.9 Å². The third kappa shape index (κ3) is 2.89. The maximum absolute atomic E-state index is 12.5. The average molecular weight is 298 g/mol. The quantitative estimate of drug-likeness (QED) is 0.608. The van der Waals surface area contributed by atoms with Gasteiger partial charge in [-0.3, -0.25) is 10.2 Å². The number of aromatic amines is 2. The van der Waals surface area contributed by atoms with E-state index in [0.29, 0.717) is 17.9 Å². The first kappa shape index (κ1) is 14.7. The highest BCUT2D eigenvalue weighted by atomic mass is 32.2. The van der Waals surface area contributed by atoms with Gasteiger partial charge in [0.05, 0.1) is 17.6 Å². The van der Waals surface area contributed by atoms with Crippen molar-refractivity contribution in [2.24, 2.45) is 0 Å². The first-order valence-corrected chi connectivity index (χ1v) is 7.63. The van der Waals surface area contributed by atoms with Crippen molar-refractivity contribution in [1.82, 2.24) is 30.4 Å². The van der Waals surface area contributed by atoms with Crippen LogP contribution in [0.3, 0.4) is 0 Å². The normalized spacial score (nSPS) is 13.6. The van der Waals surface area contributed by atoms with E-state index in [2.05, 4.69) is 30.4 Å². The van der Waals surface area contributed by atoms with E-state index in [4.69, 9.17) is 0 Å². The van der Waals surface area contributed by atoms with Crippen LogP contribution < -0.4 is 10.0 Å². The molecule has 0 aromatic carbocycles. The molecule has 0 saturated carbocycles. The zero-order valence-electron chi connectivity index (χ0n) is 11.6. The molecule has 2 aromatic rings. The summed E-state index contributed by atoms with van der Waals surface area (Å²) in [7, 11) is -1.91. The van der Waals surface area contributed by atoms with Crippen molar-refractivity contribution in [2.45, 2.75) is 31.3 Å². The fourth-order valence-corrected chi connectivity index (χ4v) is 3.57. The highest BCUT2D eigenvalue weighted by Gasteiger charge is 2.26. The Morgan fingerprint density at radius 1 is 1.45 bits per heavy atom. The van der Waals surface area contributed by atoms with Crippen molar-refractivity contribution in [3.63, 3.8) is 0 Å². The molecular formula is C11H18N6O2S. The molecule has 0 amide bonds. The van der Waals surface area contributed by atoms with Crippen LogP contribution in [-0.2, 0) is 16.6 Å². The second-order valence-electron chi connectivity index (χ2n) is 4.53. The summed E-state index contributed by atoms with van der Waals surface area (Å²) in [5.74, 6) is 0. The second-order valence-corrected chi connectivity index (χ2v) is 6.18. The van der Waals surface area contributed by atoms with Gasteiger partial charge in [0.2, 0.25) is 10.0 Å². The molecule has 0 aliphatic rings. The van der Waals surface area contributed by atoms with Crippen LogP contribution in [0.1, 0.15) is 29.9 Å². The van der Waals surface area contributed by atoms with Crippen molar-refractivity contribution >= 4 is 10.0 Å². The molecule has 0 bridgehead atoms. The van der Waals surface area contributed by atoms with Crippen LogP contribution in [0.5, 0.6) is 0 Å². The van der Waals surface area contributed by atoms with Gasteiger partial charge in [0.1, 0.15) is 4.90 Å². The minimum Gasteiger partial charge on any atom is -0.314 e. The lowest BCUT2D eigenvalue weighted by Crippen LogP contribution is -2.28. The molecule has 0 radical (unpaired) electrons. The van der Waals surface area contributed by atoms with Crippen LogP contribution >= 0.6 is 0 Å². The number of nitrogens with zero attached hydrogens (tertiary/aromatic N) is 2. The number of H-pyrrole nitrogens is 2. The van der Waals surface area contributed by atoms with Crippen LogP contribution in [0.2, 0.25) is 0 Å². The molecule has 0 fully saturated rings. The summed E-state index contributed by atoms with van der Waals surface area (Å²) in [4.78, 5) is 0.196. The molecule has 110 valence electrons. The average Bonchev–Trinajstić information content (AvgIpc) is 2.99. The summed E-state index contributed by atoms with van der Waals surface area (Å²) in [5.41, 5.74) is 1.75. The Morgan fingerprint density at radius 3 is 2.80 bits per heavy atom. The number of hydrogen-bond acceptors (Lipinski definition) is 5. The summed E-state index contributed by atoms with van der Waals surface area (Å²) >= 11 is 0. The second kappa shape index (κ2) is 5.73. The third-order valence-electron chi connectivity index (χ3n) is 2.93. The monoisotopic (exact) mass is 298 g/mol. The van der Waals surface area contributed by atoms with Gasteiger partial charge in [-0.15, -0.1) is 0 Å². The summed E-state index contributed by atoms with van der Waals surface area (Å²) < 4.78 is 27.6. The minimum atomic E-state index is -3.65. The summed E-state index contributed by atoms with van der Waals surface area (Å²) in [5, 5.41) is 16.1. The molecule has 0 saturated heterocycles. The molecular weight excluding hydrogens is 280 g/mol. The van der Waals surface area contributed by atoms with Crippen LogP contribution in [-0.4, -0.2) is 35.9 Å². The highest BCUT2D eigenvalue weighted by Crippen LogP contribution is 2.20. The molecule has 4 N–H and O–H groups in total. The number of aromatic nitrogens is 4. The summed E-state index contributed by atoms with van der Waals surface area (Å²) in [6.07, 6.45) is 3.24. The molecule has 2 heterocycles. The van der Waals surface area contributed by atoms with Crippen molar-refractivity contribution in [3.8, 4) is 0 Å². The standard InChI is InChI=1S/C11H18N6O2S/c1-7(9-4-13-14-5-9)17-20(18,19)11-8(2)15-16-10(11)6-12-3/h4-5,7,12,17H,6H2,1-3H3,(H,13,14)(H,15,16). The summed E-state index contributed by atoms with van der Waals surface area (Å²) in [6.45, 7) is 3.82. The van der Waals surface area contributed by atoms with Gasteiger partial charge in [-0.05, 0) is 20.9 Å². The molecule has 1 atom stereocenters. The Hall–Kier alpha value is -1.71. The lowest BCUT2D eigenvalue weighted by Gasteiger charge is -2.13. The molecule has 2 aromatic heterocycles. The SMILES string of the molecule is CNCc1n[nH]c(C)c1S(=O)(=O)NC(C)c1cn[nH]c1. The molecule has 0 aliphatic heterocycles. The number of aryl methyl sites for hydroxylation is 1. The van der Waals surface area contributed by atoms with Crippen LogP contribution in [0.4, 0.5) is 0 Å². The first-order chi connectivity index (χ1) is 9.45. The molecule has 9 heteroatoms. The maximum Gasteiger partial charge on any atom is 0.244 e. The van der Waals surface area contributed by atoms with Gasteiger partial charge in [0.15, 0.2) is 0 Å². The van der Waals surface area contributed by atoms with Gasteiger partial charge in [-0.1, -0.05) is 0 Å². The van der Waals surface area contributed by atoms with Crippen LogP contribution in [0, 0.1) is 6.92 Å². The fourth-order valence-electron chi connectivity index (χ4n) is 1.97. The van der Waals surface area contributed by atoms with E-state index in [1.165, 1.54) is 0 Å². The zero-order valence-corrected chi connectivity index (χ0v) is 12.4. The molecule has 0 aliphatic carbocycles. The van der Waals surface area contributed by atoms with E-state index >= 15 is 0 Å². The number of sulfonamides is 1. The van der Waals surface area contributed by atoms with Gasteiger partial charge in [0, 0.05) is 24.3 Å². The van der Waals surface area contributed by atoms with Gasteiger partial charge in [0.25, 0.3) is 0 Å². The van der Waals surface area contributed by atoms with E-state index in [9.17, 15) is 8.42 Å². The van der Waals surface area contributed by atoms with E-state index in [1.807, 2.05) is 0 Å². The largest absolute Gasteiger partial charge is 0.314 e. The van der Waals surface area contributed by atoms with Crippen molar-refractivity contribution < 1.29 is 8.42 Å². The van der Waals surface area contributed by atoms with E-state index in [0.717, 1.165) is 5.56 Å². The highest BCUT2D eigenvalue weighted by molar-refractivity contribution is 7.89. The smallest absolute Gasteiger partial charge is 0.244 e.